The summed E-state index contributed by atoms with van der Waals surface area (Å²) >= 11 is 5.77. The summed E-state index contributed by atoms with van der Waals surface area (Å²) in [4.78, 5) is 34.4. The number of hydrogen-bond acceptors (Lipinski definition) is 5. The van der Waals surface area contributed by atoms with Crippen LogP contribution in [0.2, 0.25) is 5.02 Å². The quantitative estimate of drug-likeness (QED) is 0.574. The zero-order chi connectivity index (χ0) is 18.3. The van der Waals surface area contributed by atoms with Gasteiger partial charge in [0.1, 0.15) is 0 Å². The van der Waals surface area contributed by atoms with Gasteiger partial charge in [0.2, 0.25) is 0 Å². The van der Waals surface area contributed by atoms with Crippen LogP contribution in [0.15, 0.2) is 18.2 Å². The minimum Gasteiger partial charge on any atom is -0.478 e. The molecule has 0 radical (unpaired) electrons. The first-order valence-corrected chi connectivity index (χ1v) is 7.78. The Labute approximate surface area is 144 Å². The minimum atomic E-state index is -1.15. The SMILES string of the molecule is CCC(=O)O[C@@H](OC(=O)NCc1ccc(Cl)cc1C(=O)O)C(C)C. The van der Waals surface area contributed by atoms with Gasteiger partial charge in [-0.25, -0.2) is 9.59 Å². The minimum absolute atomic E-state index is 0.0133. The van der Waals surface area contributed by atoms with Gasteiger partial charge in [-0.15, -0.1) is 0 Å². The molecule has 0 unspecified atom stereocenters. The Morgan fingerprint density at radius 1 is 1.25 bits per heavy atom. The second-order valence-corrected chi connectivity index (χ2v) is 5.76. The number of carbonyl (C=O) groups is 3. The van der Waals surface area contributed by atoms with Gasteiger partial charge in [0.15, 0.2) is 0 Å². The van der Waals surface area contributed by atoms with Gasteiger partial charge >= 0.3 is 18.0 Å². The summed E-state index contributed by atoms with van der Waals surface area (Å²) < 4.78 is 10.1. The maximum atomic E-state index is 11.9. The van der Waals surface area contributed by atoms with Crippen molar-refractivity contribution in [1.82, 2.24) is 5.32 Å². The third-order valence-corrected chi connectivity index (χ3v) is 3.26. The predicted molar refractivity (Wildman–Crippen MR) is 86.7 cm³/mol. The van der Waals surface area contributed by atoms with Crippen molar-refractivity contribution in [2.75, 3.05) is 0 Å². The molecule has 0 bridgehead atoms. The van der Waals surface area contributed by atoms with Crippen LogP contribution in [0.1, 0.15) is 43.1 Å². The molecule has 8 heteroatoms. The number of nitrogens with one attached hydrogen (secondary N) is 1. The highest BCUT2D eigenvalue weighted by Gasteiger charge is 2.22. The number of carboxylic acids is 1. The van der Waals surface area contributed by atoms with E-state index in [-0.39, 0.29) is 29.5 Å². The molecule has 132 valence electrons. The van der Waals surface area contributed by atoms with Crippen molar-refractivity contribution in [3.05, 3.63) is 34.3 Å². The third kappa shape index (κ3) is 6.08. The first kappa shape index (κ1) is 19.8. The van der Waals surface area contributed by atoms with Crippen LogP contribution >= 0.6 is 11.6 Å². The number of hydrogen-bond donors (Lipinski definition) is 2. The lowest BCUT2D eigenvalue weighted by molar-refractivity contribution is -0.174. The van der Waals surface area contributed by atoms with E-state index in [2.05, 4.69) is 5.32 Å². The molecule has 0 heterocycles. The third-order valence-electron chi connectivity index (χ3n) is 3.03. The van der Waals surface area contributed by atoms with Gasteiger partial charge in [0, 0.05) is 23.9 Å². The average Bonchev–Trinajstić information content (AvgIpc) is 2.52. The summed E-state index contributed by atoms with van der Waals surface area (Å²) in [6, 6.07) is 4.32. The van der Waals surface area contributed by atoms with Crippen LogP contribution in [0.3, 0.4) is 0 Å². The summed E-state index contributed by atoms with van der Waals surface area (Å²) in [5.74, 6) is -1.86. The van der Waals surface area contributed by atoms with Crippen molar-refractivity contribution in [1.29, 1.82) is 0 Å². The molecule has 1 aromatic rings. The second-order valence-electron chi connectivity index (χ2n) is 5.32. The van der Waals surface area contributed by atoms with E-state index < -0.39 is 24.3 Å². The van der Waals surface area contributed by atoms with Gasteiger partial charge < -0.3 is 19.9 Å². The first-order chi connectivity index (χ1) is 11.2. The number of halogens is 1. The molecule has 1 aromatic carbocycles. The Balaban J connectivity index is 2.68. The van der Waals surface area contributed by atoms with E-state index >= 15 is 0 Å². The van der Waals surface area contributed by atoms with E-state index in [0.29, 0.717) is 5.56 Å². The molecule has 0 saturated carbocycles. The molecule has 1 atom stereocenters. The predicted octanol–water partition coefficient (Wildman–Crippen LogP) is 3.20. The molecule has 2 N–H and O–H groups in total. The molecule has 0 fully saturated rings. The summed E-state index contributed by atoms with van der Waals surface area (Å²) in [7, 11) is 0. The molecule has 0 spiro atoms. The molecular weight excluding hydrogens is 338 g/mol. The maximum Gasteiger partial charge on any atom is 0.410 e. The van der Waals surface area contributed by atoms with Crippen LogP contribution in [0.5, 0.6) is 0 Å². The number of amides is 1. The van der Waals surface area contributed by atoms with Crippen molar-refractivity contribution in [2.45, 2.75) is 40.0 Å². The van der Waals surface area contributed by atoms with E-state index in [0.717, 1.165) is 0 Å². The number of esters is 1. The topological polar surface area (TPSA) is 102 Å². The number of alkyl carbamates (subject to hydrolysis) is 1. The number of carbonyl (C=O) groups excluding carboxylic acids is 2. The zero-order valence-corrected chi connectivity index (χ0v) is 14.4. The summed E-state index contributed by atoms with van der Waals surface area (Å²) in [5, 5.41) is 11.9. The van der Waals surface area contributed by atoms with Gasteiger partial charge in [-0.05, 0) is 17.7 Å². The van der Waals surface area contributed by atoms with Gasteiger partial charge in [-0.1, -0.05) is 38.4 Å². The fourth-order valence-corrected chi connectivity index (χ4v) is 1.90. The fourth-order valence-electron chi connectivity index (χ4n) is 1.73. The monoisotopic (exact) mass is 357 g/mol. The van der Waals surface area contributed by atoms with Crippen molar-refractivity contribution < 1.29 is 29.0 Å². The molecule has 0 aliphatic heterocycles. The van der Waals surface area contributed by atoms with Crippen LogP contribution in [0, 0.1) is 5.92 Å². The molecule has 0 aliphatic carbocycles. The van der Waals surface area contributed by atoms with Gasteiger partial charge in [0.25, 0.3) is 6.29 Å². The Morgan fingerprint density at radius 3 is 2.46 bits per heavy atom. The summed E-state index contributed by atoms with van der Waals surface area (Å²) in [5.41, 5.74) is 0.358. The van der Waals surface area contributed by atoms with Gasteiger partial charge in [-0.2, -0.15) is 0 Å². The van der Waals surface area contributed by atoms with Crippen molar-refractivity contribution >= 4 is 29.6 Å². The Morgan fingerprint density at radius 2 is 1.92 bits per heavy atom. The molecule has 0 saturated heterocycles. The van der Waals surface area contributed by atoms with E-state index in [1.807, 2.05) is 0 Å². The molecule has 0 aromatic heterocycles. The van der Waals surface area contributed by atoms with Crippen LogP contribution in [0.4, 0.5) is 4.79 Å². The number of aromatic carboxylic acids is 1. The fraction of sp³-hybridized carbons (Fsp3) is 0.438. The Kier molecular flexibility index (Phi) is 7.51. The van der Waals surface area contributed by atoms with Crippen molar-refractivity contribution in [2.24, 2.45) is 5.92 Å². The largest absolute Gasteiger partial charge is 0.478 e. The molecule has 1 amide bonds. The smallest absolute Gasteiger partial charge is 0.410 e. The Hall–Kier alpha value is -2.28. The number of carboxylic acid groups (broad SMARTS) is 1. The molecule has 24 heavy (non-hydrogen) atoms. The van der Waals surface area contributed by atoms with Crippen LogP contribution < -0.4 is 5.32 Å². The van der Waals surface area contributed by atoms with Gasteiger partial charge in [0.05, 0.1) is 5.56 Å². The summed E-state index contributed by atoms with van der Waals surface area (Å²) in [6.45, 7) is 5.04. The summed E-state index contributed by atoms with van der Waals surface area (Å²) in [6.07, 6.45) is -1.66. The molecular formula is C16H20ClNO6. The standard InChI is InChI=1S/C16H20ClNO6/c1-4-13(19)23-15(9(2)3)24-16(22)18-8-10-5-6-11(17)7-12(10)14(20)21/h5-7,9,15H,4,8H2,1-3H3,(H,18,22)(H,20,21)/t15-/m0/s1. The van der Waals surface area contributed by atoms with E-state index in [4.69, 9.17) is 26.2 Å². The second kappa shape index (κ2) is 9.12. The number of ether oxygens (including phenoxy) is 2. The number of benzene rings is 1. The Bertz CT molecular complexity index is 617. The molecule has 0 aliphatic rings. The van der Waals surface area contributed by atoms with Crippen LogP contribution in [0.25, 0.3) is 0 Å². The van der Waals surface area contributed by atoms with E-state index in [1.165, 1.54) is 18.2 Å². The lowest BCUT2D eigenvalue weighted by Gasteiger charge is -2.21. The van der Waals surface area contributed by atoms with E-state index in [1.54, 1.807) is 20.8 Å². The van der Waals surface area contributed by atoms with Crippen molar-refractivity contribution in [3.63, 3.8) is 0 Å². The molecule has 7 nitrogen and oxygen atoms in total. The lowest BCUT2D eigenvalue weighted by atomic mass is 10.1. The van der Waals surface area contributed by atoms with E-state index in [9.17, 15) is 14.4 Å². The lowest BCUT2D eigenvalue weighted by Crippen LogP contribution is -2.34. The van der Waals surface area contributed by atoms with Crippen LogP contribution in [-0.4, -0.2) is 29.4 Å². The number of rotatable bonds is 7. The average molecular weight is 358 g/mol. The normalized spacial score (nSPS) is 11.7. The highest BCUT2D eigenvalue weighted by Crippen LogP contribution is 2.16. The zero-order valence-electron chi connectivity index (χ0n) is 13.7. The van der Waals surface area contributed by atoms with Crippen molar-refractivity contribution in [3.8, 4) is 0 Å². The molecule has 1 rings (SSSR count). The maximum absolute atomic E-state index is 11.9. The highest BCUT2D eigenvalue weighted by atomic mass is 35.5. The highest BCUT2D eigenvalue weighted by molar-refractivity contribution is 6.30. The first-order valence-electron chi connectivity index (χ1n) is 7.40. The van der Waals surface area contributed by atoms with Gasteiger partial charge in [-0.3, -0.25) is 4.79 Å². The van der Waals surface area contributed by atoms with Crippen LogP contribution in [-0.2, 0) is 20.8 Å².